The number of likely N-dealkylation sites (tertiary alicyclic amines) is 1. The van der Waals surface area contributed by atoms with Crippen molar-refractivity contribution in [1.82, 2.24) is 30.7 Å². The number of nitrogens with one attached hydrogen (secondary N) is 4. The third kappa shape index (κ3) is 5.18. The Hall–Kier alpha value is -3.27. The van der Waals surface area contributed by atoms with Crippen LogP contribution in [0.1, 0.15) is 70.8 Å². The largest absolute Gasteiger partial charge is 0.374 e. The molecule has 0 unspecified atom stereocenters. The maximum atomic E-state index is 13.3. The summed E-state index contributed by atoms with van der Waals surface area (Å²) in [6.45, 7) is 4.99. The quantitative estimate of drug-likeness (QED) is 0.399. The Morgan fingerprint density at radius 2 is 1.92 bits per heavy atom. The smallest absolute Gasteiger partial charge is 0.251 e. The summed E-state index contributed by atoms with van der Waals surface area (Å²) in [6.07, 6.45) is 3.93. The van der Waals surface area contributed by atoms with Crippen molar-refractivity contribution in [2.24, 2.45) is 0 Å². The lowest BCUT2D eigenvalue weighted by Crippen LogP contribution is -2.46. The van der Waals surface area contributed by atoms with Crippen LogP contribution in [0.5, 0.6) is 0 Å². The van der Waals surface area contributed by atoms with Gasteiger partial charge in [0.2, 0.25) is 0 Å². The number of fused-ring (bicyclic) bond motifs is 1. The first kappa shape index (κ1) is 25.0. The van der Waals surface area contributed by atoms with E-state index in [2.05, 4.69) is 45.1 Å². The van der Waals surface area contributed by atoms with Gasteiger partial charge >= 0.3 is 0 Å². The normalized spacial score (nSPS) is 22.0. The Labute approximate surface area is 223 Å². The molecule has 200 valence electrons. The van der Waals surface area contributed by atoms with Crippen LogP contribution >= 0.6 is 0 Å². The molecule has 1 atom stereocenters. The molecule has 3 aliphatic heterocycles. The lowest BCUT2D eigenvalue weighted by molar-refractivity contribution is 0.0708. The van der Waals surface area contributed by atoms with Crippen LogP contribution in [0.4, 0.5) is 5.69 Å². The zero-order chi connectivity index (χ0) is 26.0. The summed E-state index contributed by atoms with van der Waals surface area (Å²) in [6, 6.07) is 15.7. The fourth-order valence-corrected chi connectivity index (χ4v) is 5.93. The zero-order valence-corrected chi connectivity index (χ0v) is 22.0. The molecule has 4 N–H and O–H groups in total. The summed E-state index contributed by atoms with van der Waals surface area (Å²) in [7, 11) is 2.15. The van der Waals surface area contributed by atoms with Gasteiger partial charge in [-0.15, -0.1) is 0 Å². The Bertz CT molecular complexity index is 1260. The van der Waals surface area contributed by atoms with Crippen LogP contribution in [0.15, 0.2) is 48.5 Å². The van der Waals surface area contributed by atoms with Crippen LogP contribution < -0.4 is 16.0 Å². The standard InChI is InChI=1S/C29H37N7O2/c1-36-15-11-29(12-16-36,28-32-26(34-35-28)20-9-13-30-14-10-20)33-23-7-4-6-21(17-23)27(37)31-25-19-38-18-22-5-2-3-8-24(22)25/h2-8,17,20,25,30,33H,9-16,18-19H2,1H3,(H,31,37)(H,32,34,35)/t25-/m1/s1. The SMILES string of the molecule is CN1CCC(Nc2cccc(C(=O)N[C@@H]3COCc4ccccc43)c2)(c2n[nH]c(C3CCNCC3)n2)CC1. The number of aromatic amines is 1. The van der Waals surface area contributed by atoms with Crippen LogP contribution in [0, 0.1) is 0 Å². The Morgan fingerprint density at radius 3 is 2.76 bits per heavy atom. The van der Waals surface area contributed by atoms with Gasteiger partial charge < -0.3 is 25.6 Å². The molecule has 3 aromatic rings. The van der Waals surface area contributed by atoms with Gasteiger partial charge in [-0.25, -0.2) is 4.98 Å². The van der Waals surface area contributed by atoms with Gasteiger partial charge in [0.1, 0.15) is 11.4 Å². The number of anilines is 1. The van der Waals surface area contributed by atoms with Crippen LogP contribution in [-0.4, -0.2) is 65.8 Å². The minimum Gasteiger partial charge on any atom is -0.374 e. The number of hydrogen-bond acceptors (Lipinski definition) is 7. The molecule has 3 aliphatic rings. The number of benzene rings is 2. The molecule has 1 amide bonds. The second-order valence-corrected chi connectivity index (χ2v) is 10.9. The lowest BCUT2D eigenvalue weighted by Gasteiger charge is -2.40. The van der Waals surface area contributed by atoms with Crippen LogP contribution in [0.2, 0.25) is 0 Å². The van der Waals surface area contributed by atoms with Crippen LogP contribution in [-0.2, 0) is 16.9 Å². The molecule has 0 saturated carbocycles. The lowest BCUT2D eigenvalue weighted by atomic mass is 9.86. The second-order valence-electron chi connectivity index (χ2n) is 10.9. The maximum Gasteiger partial charge on any atom is 0.251 e. The van der Waals surface area contributed by atoms with Crippen molar-refractivity contribution in [2.75, 3.05) is 45.2 Å². The van der Waals surface area contributed by atoms with Crippen molar-refractivity contribution in [3.63, 3.8) is 0 Å². The summed E-state index contributed by atoms with van der Waals surface area (Å²) in [5, 5.41) is 18.4. The highest BCUT2D eigenvalue weighted by Crippen LogP contribution is 2.36. The number of rotatable bonds is 6. The highest BCUT2D eigenvalue weighted by Gasteiger charge is 2.39. The summed E-state index contributed by atoms with van der Waals surface area (Å²) < 4.78 is 5.73. The molecular weight excluding hydrogens is 478 g/mol. The number of H-pyrrole nitrogens is 1. The van der Waals surface area contributed by atoms with E-state index in [-0.39, 0.29) is 17.5 Å². The van der Waals surface area contributed by atoms with Crippen molar-refractivity contribution >= 4 is 11.6 Å². The average molecular weight is 516 g/mol. The molecule has 38 heavy (non-hydrogen) atoms. The molecule has 2 fully saturated rings. The van der Waals surface area contributed by atoms with E-state index in [1.165, 1.54) is 0 Å². The monoisotopic (exact) mass is 515 g/mol. The Morgan fingerprint density at radius 1 is 1.11 bits per heavy atom. The molecule has 0 bridgehead atoms. The molecule has 6 rings (SSSR count). The molecule has 0 spiro atoms. The first-order valence-corrected chi connectivity index (χ1v) is 13.8. The van der Waals surface area contributed by atoms with Gasteiger partial charge in [-0.05, 0) is 75.1 Å². The number of carbonyl (C=O) groups is 1. The van der Waals surface area contributed by atoms with E-state index in [0.717, 1.165) is 80.3 Å². The number of hydrogen-bond donors (Lipinski definition) is 4. The van der Waals surface area contributed by atoms with Gasteiger partial charge in [0.05, 0.1) is 19.3 Å². The van der Waals surface area contributed by atoms with Crippen molar-refractivity contribution in [1.29, 1.82) is 0 Å². The van der Waals surface area contributed by atoms with Crippen molar-refractivity contribution < 1.29 is 9.53 Å². The molecule has 2 aromatic carbocycles. The topological polar surface area (TPSA) is 107 Å². The summed E-state index contributed by atoms with van der Waals surface area (Å²) in [5.41, 5.74) is 3.38. The van der Waals surface area contributed by atoms with E-state index in [9.17, 15) is 4.79 Å². The fourth-order valence-electron chi connectivity index (χ4n) is 5.93. The van der Waals surface area contributed by atoms with E-state index in [4.69, 9.17) is 14.8 Å². The third-order valence-corrected chi connectivity index (χ3v) is 8.28. The highest BCUT2D eigenvalue weighted by molar-refractivity contribution is 5.95. The number of aromatic nitrogens is 3. The number of amides is 1. The average Bonchev–Trinajstić information content (AvgIpc) is 3.47. The number of nitrogens with zero attached hydrogens (tertiary/aromatic N) is 3. The zero-order valence-electron chi connectivity index (χ0n) is 22.0. The van der Waals surface area contributed by atoms with Gasteiger partial charge in [-0.3, -0.25) is 9.89 Å². The van der Waals surface area contributed by atoms with Gasteiger partial charge in [0, 0.05) is 30.3 Å². The number of piperidine rings is 2. The first-order valence-electron chi connectivity index (χ1n) is 13.8. The van der Waals surface area contributed by atoms with Crippen molar-refractivity contribution in [2.45, 2.75) is 49.8 Å². The van der Waals surface area contributed by atoms with Gasteiger partial charge in [0.15, 0.2) is 5.82 Å². The molecular formula is C29H37N7O2. The predicted molar refractivity (Wildman–Crippen MR) is 146 cm³/mol. The molecule has 9 nitrogen and oxygen atoms in total. The second kappa shape index (κ2) is 10.8. The van der Waals surface area contributed by atoms with E-state index in [1.807, 2.05) is 36.4 Å². The van der Waals surface area contributed by atoms with Crippen molar-refractivity contribution in [3.05, 3.63) is 76.9 Å². The minimum absolute atomic E-state index is 0.109. The molecule has 4 heterocycles. The van der Waals surface area contributed by atoms with Gasteiger partial charge in [-0.1, -0.05) is 30.3 Å². The van der Waals surface area contributed by atoms with E-state index >= 15 is 0 Å². The molecule has 0 radical (unpaired) electrons. The molecule has 9 heteroatoms. The highest BCUT2D eigenvalue weighted by atomic mass is 16.5. The van der Waals surface area contributed by atoms with Crippen LogP contribution in [0.25, 0.3) is 0 Å². The Kier molecular flexibility index (Phi) is 7.14. The summed E-state index contributed by atoms with van der Waals surface area (Å²) in [4.78, 5) is 20.7. The van der Waals surface area contributed by atoms with E-state index < -0.39 is 0 Å². The molecule has 0 aliphatic carbocycles. The number of ether oxygens (including phenoxy) is 1. The number of carbonyl (C=O) groups excluding carboxylic acids is 1. The fraction of sp³-hybridized carbons (Fsp3) is 0.483. The molecule has 2 saturated heterocycles. The predicted octanol–water partition coefficient (Wildman–Crippen LogP) is 3.31. The Balaban J connectivity index is 1.22. The van der Waals surface area contributed by atoms with Gasteiger partial charge in [0.25, 0.3) is 5.91 Å². The summed E-state index contributed by atoms with van der Waals surface area (Å²) in [5.74, 6) is 2.12. The van der Waals surface area contributed by atoms with E-state index in [1.54, 1.807) is 0 Å². The molecule has 1 aromatic heterocycles. The van der Waals surface area contributed by atoms with Gasteiger partial charge in [-0.2, -0.15) is 5.10 Å². The summed E-state index contributed by atoms with van der Waals surface area (Å²) >= 11 is 0. The van der Waals surface area contributed by atoms with E-state index in [0.29, 0.717) is 24.7 Å². The van der Waals surface area contributed by atoms with Crippen LogP contribution in [0.3, 0.4) is 0 Å². The minimum atomic E-state index is -0.389. The maximum absolute atomic E-state index is 13.3. The van der Waals surface area contributed by atoms with Crippen molar-refractivity contribution in [3.8, 4) is 0 Å². The first-order chi connectivity index (χ1) is 18.6. The third-order valence-electron chi connectivity index (χ3n) is 8.28.